The lowest BCUT2D eigenvalue weighted by molar-refractivity contribution is 0.0975. The van der Waals surface area contributed by atoms with Crippen LogP contribution in [0.2, 0.25) is 0 Å². The van der Waals surface area contributed by atoms with Crippen LogP contribution in [0.25, 0.3) is 0 Å². The van der Waals surface area contributed by atoms with Gasteiger partial charge in [0.25, 0.3) is 11.8 Å². The predicted molar refractivity (Wildman–Crippen MR) is 89.7 cm³/mol. The van der Waals surface area contributed by atoms with Gasteiger partial charge in [0.15, 0.2) is 0 Å². The zero-order valence-electron chi connectivity index (χ0n) is 13.3. The number of aryl methyl sites for hydroxylation is 1. The summed E-state index contributed by atoms with van der Waals surface area (Å²) in [5, 5.41) is 0. The van der Waals surface area contributed by atoms with Crippen LogP contribution in [-0.2, 0) is 4.74 Å². The monoisotopic (exact) mass is 312 g/mol. The number of primary amides is 1. The topological polar surface area (TPSA) is 72.6 Å². The SMILES string of the molecule is COCCN(C(=O)c1ccccc1C)c1ccccc1C(N)=O. The number of nitrogens with zero attached hydrogens (tertiary/aromatic N) is 1. The number of anilines is 1. The highest BCUT2D eigenvalue weighted by Gasteiger charge is 2.22. The molecular formula is C18H20N2O3. The fourth-order valence-corrected chi connectivity index (χ4v) is 2.39. The molecular weight excluding hydrogens is 292 g/mol. The first-order valence-corrected chi connectivity index (χ1v) is 7.31. The molecule has 5 heteroatoms. The summed E-state index contributed by atoms with van der Waals surface area (Å²) in [5.41, 5.74) is 7.70. The second-order valence-electron chi connectivity index (χ2n) is 5.15. The minimum absolute atomic E-state index is 0.186. The van der Waals surface area contributed by atoms with E-state index >= 15 is 0 Å². The maximum absolute atomic E-state index is 13.0. The van der Waals surface area contributed by atoms with Gasteiger partial charge in [-0.05, 0) is 30.7 Å². The molecule has 0 atom stereocenters. The molecule has 2 rings (SSSR count). The Hall–Kier alpha value is -2.66. The van der Waals surface area contributed by atoms with Crippen LogP contribution in [0.4, 0.5) is 5.69 Å². The molecule has 0 unspecified atom stereocenters. The lowest BCUT2D eigenvalue weighted by Crippen LogP contribution is -2.36. The Labute approximate surface area is 135 Å². The van der Waals surface area contributed by atoms with Gasteiger partial charge in [-0.1, -0.05) is 30.3 Å². The van der Waals surface area contributed by atoms with Crippen molar-refractivity contribution in [1.29, 1.82) is 0 Å². The van der Waals surface area contributed by atoms with Gasteiger partial charge in [0.2, 0.25) is 0 Å². The molecule has 0 fully saturated rings. The van der Waals surface area contributed by atoms with Crippen molar-refractivity contribution < 1.29 is 14.3 Å². The highest BCUT2D eigenvalue weighted by molar-refractivity contribution is 6.10. The molecule has 2 N–H and O–H groups in total. The molecule has 0 heterocycles. The number of para-hydroxylation sites is 1. The molecule has 5 nitrogen and oxygen atoms in total. The predicted octanol–water partition coefficient (Wildman–Crippen LogP) is 2.39. The first-order valence-electron chi connectivity index (χ1n) is 7.31. The van der Waals surface area contributed by atoms with Crippen molar-refractivity contribution in [2.75, 3.05) is 25.2 Å². The van der Waals surface area contributed by atoms with Gasteiger partial charge in [0, 0.05) is 19.2 Å². The van der Waals surface area contributed by atoms with Crippen molar-refractivity contribution in [1.82, 2.24) is 0 Å². The summed E-state index contributed by atoms with van der Waals surface area (Å²) >= 11 is 0. The molecule has 0 saturated carbocycles. The van der Waals surface area contributed by atoms with Crippen molar-refractivity contribution in [2.24, 2.45) is 5.73 Å². The van der Waals surface area contributed by atoms with Crippen molar-refractivity contribution in [3.8, 4) is 0 Å². The van der Waals surface area contributed by atoms with Gasteiger partial charge in [-0.15, -0.1) is 0 Å². The van der Waals surface area contributed by atoms with E-state index in [-0.39, 0.29) is 5.91 Å². The van der Waals surface area contributed by atoms with Crippen molar-refractivity contribution in [3.05, 3.63) is 65.2 Å². The number of rotatable bonds is 6. The maximum atomic E-state index is 13.0. The fraction of sp³-hybridized carbons (Fsp3) is 0.222. The first kappa shape index (κ1) is 16.7. The van der Waals surface area contributed by atoms with Crippen molar-refractivity contribution in [3.63, 3.8) is 0 Å². The molecule has 2 aromatic rings. The van der Waals surface area contributed by atoms with E-state index in [9.17, 15) is 9.59 Å². The highest BCUT2D eigenvalue weighted by atomic mass is 16.5. The molecule has 2 amide bonds. The molecule has 0 aliphatic heterocycles. The Morgan fingerprint density at radius 3 is 2.26 bits per heavy atom. The van der Waals surface area contributed by atoms with Crippen LogP contribution in [-0.4, -0.2) is 32.1 Å². The molecule has 0 bridgehead atoms. The smallest absolute Gasteiger partial charge is 0.258 e. The van der Waals surface area contributed by atoms with E-state index in [1.165, 1.54) is 4.90 Å². The van der Waals surface area contributed by atoms with Crippen molar-refractivity contribution in [2.45, 2.75) is 6.92 Å². The number of benzene rings is 2. The molecule has 0 aromatic heterocycles. The summed E-state index contributed by atoms with van der Waals surface area (Å²) < 4.78 is 5.10. The van der Waals surface area contributed by atoms with Crippen LogP contribution >= 0.6 is 0 Å². The Bertz CT molecular complexity index is 713. The van der Waals surface area contributed by atoms with E-state index in [1.807, 2.05) is 25.1 Å². The zero-order valence-corrected chi connectivity index (χ0v) is 13.3. The van der Waals surface area contributed by atoms with Crippen LogP contribution in [0.15, 0.2) is 48.5 Å². The highest BCUT2D eigenvalue weighted by Crippen LogP contribution is 2.23. The molecule has 23 heavy (non-hydrogen) atoms. The van der Waals surface area contributed by atoms with Crippen molar-refractivity contribution >= 4 is 17.5 Å². The number of methoxy groups -OCH3 is 1. The molecule has 0 aliphatic carbocycles. The maximum Gasteiger partial charge on any atom is 0.258 e. The fourth-order valence-electron chi connectivity index (χ4n) is 2.39. The average Bonchev–Trinajstić information content (AvgIpc) is 2.55. The summed E-state index contributed by atoms with van der Waals surface area (Å²) in [6.07, 6.45) is 0. The third-order valence-corrected chi connectivity index (χ3v) is 3.60. The van der Waals surface area contributed by atoms with E-state index in [0.717, 1.165) is 5.56 Å². The zero-order chi connectivity index (χ0) is 16.8. The second-order valence-corrected chi connectivity index (χ2v) is 5.15. The lowest BCUT2D eigenvalue weighted by atomic mass is 10.1. The number of hydrogen-bond donors (Lipinski definition) is 1. The molecule has 2 aromatic carbocycles. The number of nitrogens with two attached hydrogens (primary N) is 1. The van der Waals surface area contributed by atoms with E-state index in [4.69, 9.17) is 10.5 Å². The number of carbonyl (C=O) groups excluding carboxylic acids is 2. The largest absolute Gasteiger partial charge is 0.383 e. The van der Waals surface area contributed by atoms with Gasteiger partial charge in [0.05, 0.1) is 17.9 Å². The summed E-state index contributed by atoms with van der Waals surface area (Å²) in [6, 6.07) is 14.2. The third-order valence-electron chi connectivity index (χ3n) is 3.60. The standard InChI is InChI=1S/C18H20N2O3/c1-13-7-3-4-8-14(13)18(22)20(11-12-23-2)16-10-6-5-9-15(16)17(19)21/h3-10H,11-12H2,1-2H3,(H2,19,21). The van der Waals surface area contributed by atoms with Crippen LogP contribution in [0.1, 0.15) is 26.3 Å². The van der Waals surface area contributed by atoms with Crippen LogP contribution < -0.4 is 10.6 Å². The van der Waals surface area contributed by atoms with E-state index in [0.29, 0.717) is 30.0 Å². The Balaban J connectivity index is 2.48. The van der Waals surface area contributed by atoms with E-state index in [1.54, 1.807) is 37.4 Å². The molecule has 0 radical (unpaired) electrons. The van der Waals surface area contributed by atoms with Crippen LogP contribution in [0.5, 0.6) is 0 Å². The number of ether oxygens (including phenoxy) is 1. The minimum atomic E-state index is -0.569. The van der Waals surface area contributed by atoms with E-state index in [2.05, 4.69) is 0 Å². The summed E-state index contributed by atoms with van der Waals surface area (Å²) in [4.78, 5) is 26.2. The Morgan fingerprint density at radius 1 is 1.04 bits per heavy atom. The van der Waals surface area contributed by atoms with Gasteiger partial charge in [-0.3, -0.25) is 9.59 Å². The molecule has 0 spiro atoms. The Morgan fingerprint density at radius 2 is 1.65 bits per heavy atom. The number of amides is 2. The third kappa shape index (κ3) is 3.76. The first-order chi connectivity index (χ1) is 11.1. The normalized spacial score (nSPS) is 10.3. The van der Waals surface area contributed by atoms with Crippen LogP contribution in [0, 0.1) is 6.92 Å². The number of carbonyl (C=O) groups is 2. The van der Waals surface area contributed by atoms with Gasteiger partial charge in [0.1, 0.15) is 0 Å². The quantitative estimate of drug-likeness (QED) is 0.890. The minimum Gasteiger partial charge on any atom is -0.383 e. The molecule has 120 valence electrons. The summed E-state index contributed by atoms with van der Waals surface area (Å²) in [5.74, 6) is -0.755. The van der Waals surface area contributed by atoms with Gasteiger partial charge in [-0.25, -0.2) is 0 Å². The van der Waals surface area contributed by atoms with Crippen LogP contribution in [0.3, 0.4) is 0 Å². The van der Waals surface area contributed by atoms with E-state index < -0.39 is 5.91 Å². The number of hydrogen-bond acceptors (Lipinski definition) is 3. The molecule has 0 aliphatic rings. The average molecular weight is 312 g/mol. The Kier molecular flexibility index (Phi) is 5.49. The van der Waals surface area contributed by atoms with Gasteiger partial charge < -0.3 is 15.4 Å². The summed E-state index contributed by atoms with van der Waals surface area (Å²) in [7, 11) is 1.57. The van der Waals surface area contributed by atoms with Gasteiger partial charge in [-0.2, -0.15) is 0 Å². The summed E-state index contributed by atoms with van der Waals surface area (Å²) in [6.45, 7) is 2.56. The second kappa shape index (κ2) is 7.56. The lowest BCUT2D eigenvalue weighted by Gasteiger charge is -2.25. The van der Waals surface area contributed by atoms with Gasteiger partial charge >= 0.3 is 0 Å². The molecule has 0 saturated heterocycles.